The van der Waals surface area contributed by atoms with Crippen molar-refractivity contribution >= 4 is 0 Å². The van der Waals surface area contributed by atoms with E-state index in [2.05, 4.69) is 23.1 Å². The van der Waals surface area contributed by atoms with Crippen LogP contribution in [0.15, 0.2) is 23.8 Å². The first-order valence-corrected chi connectivity index (χ1v) is 20.0. The van der Waals surface area contributed by atoms with Crippen molar-refractivity contribution in [1.29, 1.82) is 0 Å². The maximum absolute atomic E-state index is 5.61. The lowest BCUT2D eigenvalue weighted by atomic mass is 9.71. The Kier molecular flexibility index (Phi) is 12.6. The zero-order valence-corrected chi connectivity index (χ0v) is 28.4. The van der Waals surface area contributed by atoms with Crippen LogP contribution in [0.1, 0.15) is 173 Å². The summed E-state index contributed by atoms with van der Waals surface area (Å²) >= 11 is 0. The van der Waals surface area contributed by atoms with Crippen molar-refractivity contribution < 1.29 is 4.74 Å². The van der Waals surface area contributed by atoms with Gasteiger partial charge in [-0.2, -0.15) is 0 Å². The molecule has 6 aliphatic carbocycles. The van der Waals surface area contributed by atoms with Crippen LogP contribution in [0, 0.1) is 29.6 Å². The molecule has 0 saturated heterocycles. The molecule has 0 atom stereocenters. The second-order valence-corrected chi connectivity index (χ2v) is 16.4. The van der Waals surface area contributed by atoms with Gasteiger partial charge >= 0.3 is 0 Å². The predicted molar refractivity (Wildman–Crippen MR) is 183 cm³/mol. The van der Waals surface area contributed by atoms with Crippen LogP contribution in [-0.2, 0) is 4.74 Å². The highest BCUT2D eigenvalue weighted by atomic mass is 16.5. The summed E-state index contributed by atoms with van der Waals surface area (Å²) in [4.78, 5) is 3.20. The molecular formula is C41H69NO. The Bertz CT molecular complexity index is 815. The average Bonchev–Trinajstić information content (AvgIpc) is 3.09. The topological polar surface area (TPSA) is 12.5 Å². The van der Waals surface area contributed by atoms with E-state index in [0.717, 1.165) is 47.7 Å². The molecule has 0 aromatic rings. The summed E-state index contributed by atoms with van der Waals surface area (Å²) in [5.41, 5.74) is 1.98. The van der Waals surface area contributed by atoms with Gasteiger partial charge < -0.3 is 4.74 Å². The van der Waals surface area contributed by atoms with Gasteiger partial charge in [0.25, 0.3) is 0 Å². The SMILES string of the molecule is COC1CCC(/C=C/C2CCC(N(C3CCCCC3)C3CCC(C=C(C4CCCCC4)C4CCCCC4)CC3)CC2)CC1. The lowest BCUT2D eigenvalue weighted by Gasteiger charge is -2.49. The molecule has 2 nitrogen and oxygen atoms in total. The van der Waals surface area contributed by atoms with Gasteiger partial charge in [0.15, 0.2) is 0 Å². The van der Waals surface area contributed by atoms with Crippen LogP contribution in [0.25, 0.3) is 0 Å². The first kappa shape index (κ1) is 32.3. The molecule has 0 amide bonds. The molecule has 43 heavy (non-hydrogen) atoms. The number of allylic oxidation sites excluding steroid dienone is 4. The van der Waals surface area contributed by atoms with E-state index in [1.54, 1.807) is 0 Å². The Hall–Kier alpha value is -0.600. The Balaban J connectivity index is 1.05. The zero-order valence-electron chi connectivity index (χ0n) is 28.4. The summed E-state index contributed by atoms with van der Waals surface area (Å²) in [5, 5.41) is 0. The van der Waals surface area contributed by atoms with E-state index < -0.39 is 0 Å². The fraction of sp³-hybridized carbons (Fsp3) is 0.902. The minimum atomic E-state index is 0.521. The fourth-order valence-corrected chi connectivity index (χ4v) is 11.0. The summed E-state index contributed by atoms with van der Waals surface area (Å²) in [6.45, 7) is 0. The van der Waals surface area contributed by atoms with Crippen molar-refractivity contribution in [3.63, 3.8) is 0 Å². The number of nitrogens with zero attached hydrogens (tertiary/aromatic N) is 1. The average molecular weight is 592 g/mol. The van der Waals surface area contributed by atoms with Gasteiger partial charge in [-0.3, -0.25) is 4.90 Å². The highest BCUT2D eigenvalue weighted by Gasteiger charge is 2.37. The van der Waals surface area contributed by atoms with Gasteiger partial charge in [0, 0.05) is 25.2 Å². The standard InChI is InChI=1S/C41H69NO/c1-43-40-29-23-33(24-30-40)18-17-32-19-25-38(26-20-32)42(37-15-9-4-10-16-37)39-27-21-34(22-28-39)31-41(35-11-5-2-6-12-35)36-13-7-3-8-14-36/h17-18,31-40H,2-16,19-30H2,1H3/b18-17+. The molecule has 0 N–H and O–H groups in total. The predicted octanol–water partition coefficient (Wildman–Crippen LogP) is 11.6. The fourth-order valence-electron chi connectivity index (χ4n) is 11.0. The van der Waals surface area contributed by atoms with E-state index in [9.17, 15) is 0 Å². The molecule has 6 fully saturated rings. The van der Waals surface area contributed by atoms with Crippen molar-refractivity contribution in [2.75, 3.05) is 7.11 Å². The molecule has 6 rings (SSSR count). The van der Waals surface area contributed by atoms with Crippen molar-refractivity contribution in [1.82, 2.24) is 4.90 Å². The van der Waals surface area contributed by atoms with E-state index in [4.69, 9.17) is 4.74 Å². The third-order valence-electron chi connectivity index (χ3n) is 13.6. The van der Waals surface area contributed by atoms with Gasteiger partial charge in [-0.15, -0.1) is 0 Å². The second-order valence-electron chi connectivity index (χ2n) is 16.4. The molecule has 2 heteroatoms. The zero-order chi connectivity index (χ0) is 29.3. The summed E-state index contributed by atoms with van der Waals surface area (Å²) in [7, 11) is 1.89. The molecule has 0 spiro atoms. The smallest absolute Gasteiger partial charge is 0.0571 e. The third-order valence-corrected chi connectivity index (χ3v) is 13.6. The minimum absolute atomic E-state index is 0.521. The number of hydrogen-bond donors (Lipinski definition) is 0. The Morgan fingerprint density at radius 1 is 0.442 bits per heavy atom. The Morgan fingerprint density at radius 2 is 0.837 bits per heavy atom. The van der Waals surface area contributed by atoms with Gasteiger partial charge in [0.1, 0.15) is 0 Å². The van der Waals surface area contributed by atoms with Gasteiger partial charge in [0.2, 0.25) is 0 Å². The third kappa shape index (κ3) is 9.02. The quantitative estimate of drug-likeness (QED) is 0.247. The van der Waals surface area contributed by atoms with Crippen LogP contribution in [0.3, 0.4) is 0 Å². The van der Waals surface area contributed by atoms with E-state index in [-0.39, 0.29) is 0 Å². The highest BCUT2D eigenvalue weighted by Crippen LogP contribution is 2.43. The molecular weight excluding hydrogens is 522 g/mol. The van der Waals surface area contributed by atoms with Gasteiger partial charge in [-0.05, 0) is 145 Å². The summed E-state index contributed by atoms with van der Waals surface area (Å²) in [6, 6.07) is 2.62. The number of rotatable bonds is 9. The van der Waals surface area contributed by atoms with Crippen molar-refractivity contribution in [3.05, 3.63) is 23.8 Å². The van der Waals surface area contributed by atoms with Crippen LogP contribution in [0.5, 0.6) is 0 Å². The molecule has 0 unspecified atom stereocenters. The van der Waals surface area contributed by atoms with Gasteiger partial charge in [-0.25, -0.2) is 0 Å². The Morgan fingerprint density at radius 3 is 1.30 bits per heavy atom. The first-order valence-electron chi connectivity index (χ1n) is 20.0. The highest BCUT2D eigenvalue weighted by molar-refractivity contribution is 5.15. The molecule has 0 radical (unpaired) electrons. The van der Waals surface area contributed by atoms with E-state index in [0.29, 0.717) is 6.10 Å². The molecule has 244 valence electrons. The first-order chi connectivity index (χ1) is 21.3. The molecule has 0 aromatic carbocycles. The van der Waals surface area contributed by atoms with Crippen molar-refractivity contribution in [2.24, 2.45) is 29.6 Å². The van der Waals surface area contributed by atoms with Crippen LogP contribution in [0.4, 0.5) is 0 Å². The lowest BCUT2D eigenvalue weighted by Crippen LogP contribution is -2.52. The van der Waals surface area contributed by atoms with E-state index in [1.807, 2.05) is 12.7 Å². The summed E-state index contributed by atoms with van der Waals surface area (Å²) in [6.07, 6.45) is 48.0. The van der Waals surface area contributed by atoms with Crippen LogP contribution in [-0.4, -0.2) is 36.2 Å². The molecule has 6 saturated carbocycles. The van der Waals surface area contributed by atoms with Gasteiger partial charge in [-0.1, -0.05) is 81.6 Å². The maximum atomic E-state index is 5.61. The number of ether oxygens (including phenoxy) is 1. The normalized spacial score (nSPS) is 36.2. The van der Waals surface area contributed by atoms with Crippen LogP contribution in [0.2, 0.25) is 0 Å². The molecule has 0 aliphatic heterocycles. The summed E-state index contributed by atoms with van der Waals surface area (Å²) in [5.74, 6) is 4.41. The van der Waals surface area contributed by atoms with Gasteiger partial charge in [0.05, 0.1) is 6.10 Å². The van der Waals surface area contributed by atoms with Crippen molar-refractivity contribution in [3.8, 4) is 0 Å². The van der Waals surface area contributed by atoms with E-state index >= 15 is 0 Å². The molecule has 0 aromatic heterocycles. The Labute approximate surface area is 267 Å². The van der Waals surface area contributed by atoms with Crippen LogP contribution >= 0.6 is 0 Å². The lowest BCUT2D eigenvalue weighted by molar-refractivity contribution is 0.0144. The number of hydrogen-bond acceptors (Lipinski definition) is 2. The van der Waals surface area contributed by atoms with E-state index in [1.165, 1.54) is 173 Å². The molecule has 6 aliphatic rings. The molecule has 0 bridgehead atoms. The number of methoxy groups -OCH3 is 1. The van der Waals surface area contributed by atoms with Crippen molar-refractivity contribution in [2.45, 2.75) is 198 Å². The minimum Gasteiger partial charge on any atom is -0.381 e. The van der Waals surface area contributed by atoms with Crippen LogP contribution < -0.4 is 0 Å². The maximum Gasteiger partial charge on any atom is 0.0571 e. The monoisotopic (exact) mass is 592 g/mol. The largest absolute Gasteiger partial charge is 0.381 e. The molecule has 0 heterocycles. The summed E-state index contributed by atoms with van der Waals surface area (Å²) < 4.78 is 5.61. The second kappa shape index (κ2) is 16.8.